The molecule has 2 heterocycles. The minimum absolute atomic E-state index is 0.00164. The second-order valence-corrected chi connectivity index (χ2v) is 5.71. The molecular weight excluding hydrogens is 290 g/mol. The normalized spacial score (nSPS) is 13.9. The van der Waals surface area contributed by atoms with Crippen LogP contribution >= 0.6 is 0 Å². The topological polar surface area (TPSA) is 68.8 Å². The molecule has 120 valence electrons. The Balaban J connectivity index is 1.70. The Kier molecular flexibility index (Phi) is 4.25. The summed E-state index contributed by atoms with van der Waals surface area (Å²) in [5.41, 5.74) is 2.31. The van der Waals surface area contributed by atoms with Gasteiger partial charge < -0.3 is 8.98 Å². The maximum Gasteiger partial charge on any atom is 0.233 e. The van der Waals surface area contributed by atoms with Crippen molar-refractivity contribution in [3.05, 3.63) is 59.8 Å². The average Bonchev–Trinajstić information content (AvgIpc) is 3.16. The lowest BCUT2D eigenvalue weighted by molar-refractivity contribution is 0.380. The highest BCUT2D eigenvalue weighted by Gasteiger charge is 2.16. The zero-order valence-electron chi connectivity index (χ0n) is 13.8. The van der Waals surface area contributed by atoms with Crippen LogP contribution < -0.4 is 5.32 Å². The number of nitrogens with zero attached hydrogens (tertiary/aromatic N) is 4. The molecule has 0 fully saturated rings. The molecule has 0 radical (unpaired) electrons. The Morgan fingerprint density at radius 3 is 2.35 bits per heavy atom. The summed E-state index contributed by atoms with van der Waals surface area (Å²) in [6.07, 6.45) is 3.77. The molecule has 2 aromatic heterocycles. The molecule has 0 spiro atoms. The van der Waals surface area contributed by atoms with Gasteiger partial charge >= 0.3 is 0 Å². The molecule has 3 rings (SSSR count). The highest BCUT2D eigenvalue weighted by Crippen LogP contribution is 2.20. The van der Waals surface area contributed by atoms with Crippen molar-refractivity contribution in [2.75, 3.05) is 0 Å². The average molecular weight is 311 g/mol. The van der Waals surface area contributed by atoms with E-state index in [9.17, 15) is 0 Å². The van der Waals surface area contributed by atoms with E-state index >= 15 is 0 Å². The molecule has 0 saturated carbocycles. The number of imidazole rings is 1. The van der Waals surface area contributed by atoms with Crippen molar-refractivity contribution in [1.29, 1.82) is 0 Å². The molecule has 0 bridgehead atoms. The molecule has 0 aliphatic heterocycles. The molecule has 0 saturated heterocycles. The molecule has 2 atom stereocenters. The van der Waals surface area contributed by atoms with Gasteiger partial charge in [-0.3, -0.25) is 5.32 Å². The van der Waals surface area contributed by atoms with Crippen LogP contribution in [0, 0.1) is 13.8 Å². The smallest absolute Gasteiger partial charge is 0.233 e. The van der Waals surface area contributed by atoms with Crippen LogP contribution in [0.2, 0.25) is 0 Å². The van der Waals surface area contributed by atoms with Gasteiger partial charge in [-0.1, -0.05) is 12.1 Å². The number of nitrogens with one attached hydrogen (secondary N) is 1. The summed E-state index contributed by atoms with van der Waals surface area (Å²) in [4.78, 5) is 4.25. The summed E-state index contributed by atoms with van der Waals surface area (Å²) in [6.45, 7) is 7.93. The first-order valence-electron chi connectivity index (χ1n) is 7.71. The van der Waals surface area contributed by atoms with Gasteiger partial charge in [0.2, 0.25) is 11.8 Å². The van der Waals surface area contributed by atoms with E-state index < -0.39 is 0 Å². The Morgan fingerprint density at radius 1 is 1.04 bits per heavy atom. The fourth-order valence-corrected chi connectivity index (χ4v) is 2.60. The number of benzene rings is 1. The van der Waals surface area contributed by atoms with Crippen LogP contribution in [0.1, 0.15) is 49.1 Å². The third-order valence-electron chi connectivity index (χ3n) is 3.91. The maximum atomic E-state index is 5.47. The predicted octanol–water partition coefficient (Wildman–Crippen LogP) is 3.28. The fourth-order valence-electron chi connectivity index (χ4n) is 2.60. The van der Waals surface area contributed by atoms with Crippen LogP contribution in [0.5, 0.6) is 0 Å². The van der Waals surface area contributed by atoms with Crippen molar-refractivity contribution in [1.82, 2.24) is 25.1 Å². The molecule has 0 amide bonds. The summed E-state index contributed by atoms with van der Waals surface area (Å²) in [5, 5.41) is 11.4. The molecule has 0 unspecified atom stereocenters. The summed E-state index contributed by atoms with van der Waals surface area (Å²) in [7, 11) is 0. The molecule has 3 aromatic rings. The number of aromatic nitrogens is 4. The number of hydrogen-bond donors (Lipinski definition) is 1. The number of hydrogen-bond acceptors (Lipinski definition) is 5. The Hall–Kier alpha value is -2.47. The Labute approximate surface area is 135 Å². The second kappa shape index (κ2) is 6.34. The zero-order valence-corrected chi connectivity index (χ0v) is 13.8. The van der Waals surface area contributed by atoms with E-state index in [4.69, 9.17) is 4.42 Å². The SMILES string of the molecule is Cc1nnc([C@H](C)N[C@@H](C)c2ccc(-n3ccnc3C)cc2)o1. The molecule has 1 N–H and O–H groups in total. The third-order valence-corrected chi connectivity index (χ3v) is 3.91. The molecule has 6 nitrogen and oxygen atoms in total. The molecule has 23 heavy (non-hydrogen) atoms. The van der Waals surface area contributed by atoms with Crippen LogP contribution in [-0.2, 0) is 0 Å². The summed E-state index contributed by atoms with van der Waals surface area (Å²) in [5.74, 6) is 2.17. The van der Waals surface area contributed by atoms with Crippen LogP contribution in [0.3, 0.4) is 0 Å². The highest BCUT2D eigenvalue weighted by atomic mass is 16.4. The lowest BCUT2D eigenvalue weighted by Crippen LogP contribution is -2.22. The van der Waals surface area contributed by atoms with Gasteiger partial charge in [-0.25, -0.2) is 4.98 Å². The molecule has 6 heteroatoms. The van der Waals surface area contributed by atoms with Crippen molar-refractivity contribution in [2.45, 2.75) is 39.8 Å². The van der Waals surface area contributed by atoms with Gasteiger partial charge in [-0.15, -0.1) is 10.2 Å². The van der Waals surface area contributed by atoms with E-state index in [0.717, 1.165) is 11.5 Å². The van der Waals surface area contributed by atoms with Crippen molar-refractivity contribution in [2.24, 2.45) is 0 Å². The summed E-state index contributed by atoms with van der Waals surface area (Å²) < 4.78 is 7.53. The lowest BCUT2D eigenvalue weighted by atomic mass is 10.1. The van der Waals surface area contributed by atoms with Crippen molar-refractivity contribution >= 4 is 0 Å². The van der Waals surface area contributed by atoms with Gasteiger partial charge in [0, 0.05) is 31.0 Å². The lowest BCUT2D eigenvalue weighted by Gasteiger charge is -2.18. The predicted molar refractivity (Wildman–Crippen MR) is 87.3 cm³/mol. The standard InChI is InChI=1S/C17H21N5O/c1-11(19-12(2)17-21-20-14(4)23-17)15-5-7-16(8-6-15)22-10-9-18-13(22)3/h5-12,19H,1-4H3/t11-,12-/m0/s1. The van der Waals surface area contributed by atoms with Crippen LogP contribution in [0.15, 0.2) is 41.1 Å². The first-order valence-corrected chi connectivity index (χ1v) is 7.71. The van der Waals surface area contributed by atoms with E-state index in [0.29, 0.717) is 11.8 Å². The monoisotopic (exact) mass is 311 g/mol. The van der Waals surface area contributed by atoms with Crippen LogP contribution in [-0.4, -0.2) is 19.7 Å². The van der Waals surface area contributed by atoms with E-state index in [2.05, 4.69) is 56.3 Å². The van der Waals surface area contributed by atoms with E-state index in [1.807, 2.05) is 26.2 Å². The van der Waals surface area contributed by atoms with Crippen molar-refractivity contribution in [3.63, 3.8) is 0 Å². The van der Waals surface area contributed by atoms with Gasteiger partial charge in [-0.05, 0) is 38.5 Å². The minimum Gasteiger partial charge on any atom is -0.424 e. The fraction of sp³-hybridized carbons (Fsp3) is 0.353. The van der Waals surface area contributed by atoms with Gasteiger partial charge in [0.05, 0.1) is 6.04 Å². The van der Waals surface area contributed by atoms with E-state index in [1.54, 1.807) is 6.92 Å². The van der Waals surface area contributed by atoms with Gasteiger partial charge in [-0.2, -0.15) is 0 Å². The van der Waals surface area contributed by atoms with Crippen molar-refractivity contribution < 1.29 is 4.42 Å². The Morgan fingerprint density at radius 2 is 1.78 bits per heavy atom. The van der Waals surface area contributed by atoms with Gasteiger partial charge in [0.1, 0.15) is 5.82 Å². The largest absolute Gasteiger partial charge is 0.424 e. The first kappa shape index (κ1) is 15.4. The van der Waals surface area contributed by atoms with E-state index in [-0.39, 0.29) is 12.1 Å². The summed E-state index contributed by atoms with van der Waals surface area (Å²) >= 11 is 0. The highest BCUT2D eigenvalue weighted by molar-refractivity contribution is 5.36. The van der Waals surface area contributed by atoms with Gasteiger partial charge in [0.15, 0.2) is 0 Å². The maximum absolute atomic E-state index is 5.47. The Bertz CT molecular complexity index is 774. The summed E-state index contributed by atoms with van der Waals surface area (Å²) in [6, 6.07) is 8.63. The molecular formula is C17H21N5O. The van der Waals surface area contributed by atoms with Gasteiger partial charge in [0.25, 0.3) is 0 Å². The third kappa shape index (κ3) is 3.32. The number of aryl methyl sites for hydroxylation is 2. The molecule has 0 aliphatic carbocycles. The van der Waals surface area contributed by atoms with Crippen LogP contribution in [0.4, 0.5) is 0 Å². The first-order chi connectivity index (χ1) is 11.0. The quantitative estimate of drug-likeness (QED) is 0.783. The molecule has 1 aromatic carbocycles. The molecule has 0 aliphatic rings. The minimum atomic E-state index is 0.00164. The zero-order chi connectivity index (χ0) is 16.4. The van der Waals surface area contributed by atoms with E-state index in [1.165, 1.54) is 5.56 Å². The van der Waals surface area contributed by atoms with Crippen LogP contribution in [0.25, 0.3) is 5.69 Å². The van der Waals surface area contributed by atoms with Crippen molar-refractivity contribution in [3.8, 4) is 5.69 Å². The second-order valence-electron chi connectivity index (χ2n) is 5.71. The number of rotatable bonds is 5.